The summed E-state index contributed by atoms with van der Waals surface area (Å²) in [5.74, 6) is -0.283. The van der Waals surface area contributed by atoms with Gasteiger partial charge < -0.3 is 19.8 Å². The second kappa shape index (κ2) is 4.02. The van der Waals surface area contributed by atoms with Gasteiger partial charge in [-0.2, -0.15) is 0 Å². The Labute approximate surface area is 92.9 Å². The number of hydrogen-bond donors (Lipinski definition) is 2. The summed E-state index contributed by atoms with van der Waals surface area (Å²) in [5, 5.41) is 18.1. The molecular weight excluding hydrogens is 210 g/mol. The molecule has 2 N–H and O–H groups in total. The first-order valence-electron chi connectivity index (χ1n) is 4.97. The van der Waals surface area contributed by atoms with Gasteiger partial charge in [0.15, 0.2) is 0 Å². The molecule has 1 unspecified atom stereocenters. The zero-order valence-corrected chi connectivity index (χ0v) is 8.88. The molecular formula is C11H13NO4. The summed E-state index contributed by atoms with van der Waals surface area (Å²) in [4.78, 5) is 12.4. The predicted molar refractivity (Wildman–Crippen MR) is 57.7 cm³/mol. The molecule has 0 amide bonds. The topological polar surface area (TPSA) is 70.0 Å². The molecule has 0 radical (unpaired) electrons. The van der Waals surface area contributed by atoms with Gasteiger partial charge >= 0.3 is 5.97 Å². The van der Waals surface area contributed by atoms with E-state index in [4.69, 9.17) is 9.84 Å². The van der Waals surface area contributed by atoms with Gasteiger partial charge in [0.2, 0.25) is 6.29 Å². The number of nitrogens with zero attached hydrogens (tertiary/aromatic N) is 1. The van der Waals surface area contributed by atoms with Gasteiger partial charge in [0.25, 0.3) is 0 Å². The van der Waals surface area contributed by atoms with E-state index in [-0.39, 0.29) is 6.42 Å². The fourth-order valence-electron chi connectivity index (χ4n) is 1.76. The van der Waals surface area contributed by atoms with Crippen LogP contribution in [-0.2, 0) is 11.2 Å². The molecule has 86 valence electrons. The molecule has 0 saturated carbocycles. The Morgan fingerprint density at radius 2 is 2.38 bits per heavy atom. The molecule has 1 aliphatic heterocycles. The summed E-state index contributed by atoms with van der Waals surface area (Å²) in [6.45, 7) is 0.378. The minimum atomic E-state index is -0.862. The minimum absolute atomic E-state index is 0.0102. The van der Waals surface area contributed by atoms with Crippen LogP contribution in [0.1, 0.15) is 5.56 Å². The minimum Gasteiger partial charge on any atom is -0.481 e. The molecule has 0 saturated heterocycles. The van der Waals surface area contributed by atoms with Crippen molar-refractivity contribution in [3.05, 3.63) is 23.8 Å². The summed E-state index contributed by atoms with van der Waals surface area (Å²) in [5.41, 5.74) is 1.53. The number of aliphatic hydroxyl groups is 1. The second-order valence-electron chi connectivity index (χ2n) is 3.83. The van der Waals surface area contributed by atoms with Crippen LogP contribution in [0.25, 0.3) is 0 Å². The maximum Gasteiger partial charge on any atom is 0.307 e. The average molecular weight is 223 g/mol. The van der Waals surface area contributed by atoms with Crippen LogP contribution in [0.15, 0.2) is 18.2 Å². The van der Waals surface area contributed by atoms with E-state index in [9.17, 15) is 9.90 Å². The van der Waals surface area contributed by atoms with Crippen LogP contribution in [0.4, 0.5) is 5.69 Å². The van der Waals surface area contributed by atoms with E-state index in [1.54, 1.807) is 18.2 Å². The lowest BCUT2D eigenvalue weighted by atomic mass is 10.1. The van der Waals surface area contributed by atoms with Gasteiger partial charge in [0.1, 0.15) is 5.75 Å². The van der Waals surface area contributed by atoms with Crippen molar-refractivity contribution < 1.29 is 19.7 Å². The van der Waals surface area contributed by atoms with Crippen molar-refractivity contribution in [2.24, 2.45) is 0 Å². The highest BCUT2D eigenvalue weighted by molar-refractivity contribution is 5.72. The number of hydrogen-bond acceptors (Lipinski definition) is 4. The molecule has 2 rings (SSSR count). The molecule has 5 heteroatoms. The SMILES string of the molecule is CN1CC(O)Oc2ccc(CC(=O)O)cc21. The number of aliphatic hydroxyl groups excluding tert-OH is 1. The van der Waals surface area contributed by atoms with Crippen LogP contribution in [0, 0.1) is 0 Å². The Morgan fingerprint density at radius 1 is 1.62 bits per heavy atom. The maximum absolute atomic E-state index is 10.6. The maximum atomic E-state index is 10.6. The largest absolute Gasteiger partial charge is 0.481 e. The molecule has 0 aromatic heterocycles. The number of benzene rings is 1. The van der Waals surface area contributed by atoms with E-state index in [0.29, 0.717) is 12.3 Å². The van der Waals surface area contributed by atoms with E-state index < -0.39 is 12.3 Å². The number of ether oxygens (including phenoxy) is 1. The smallest absolute Gasteiger partial charge is 0.307 e. The van der Waals surface area contributed by atoms with Crippen molar-refractivity contribution in [3.63, 3.8) is 0 Å². The van der Waals surface area contributed by atoms with E-state index in [1.165, 1.54) is 0 Å². The quantitative estimate of drug-likeness (QED) is 0.762. The Balaban J connectivity index is 2.30. The fourth-order valence-corrected chi connectivity index (χ4v) is 1.76. The summed E-state index contributed by atoms with van der Waals surface area (Å²) >= 11 is 0. The number of carbonyl (C=O) groups is 1. The molecule has 0 bridgehead atoms. The van der Waals surface area contributed by atoms with Crippen LogP contribution in [0.5, 0.6) is 5.75 Å². The third kappa shape index (κ3) is 2.09. The Morgan fingerprint density at radius 3 is 3.06 bits per heavy atom. The lowest BCUT2D eigenvalue weighted by Gasteiger charge is -2.31. The molecule has 0 aliphatic carbocycles. The Kier molecular flexibility index (Phi) is 2.70. The summed E-state index contributed by atoms with van der Waals surface area (Å²) < 4.78 is 5.23. The van der Waals surface area contributed by atoms with Gasteiger partial charge in [0, 0.05) is 7.05 Å². The Bertz CT molecular complexity index is 418. The van der Waals surface area contributed by atoms with Crippen molar-refractivity contribution in [1.29, 1.82) is 0 Å². The van der Waals surface area contributed by atoms with Gasteiger partial charge in [-0.15, -0.1) is 0 Å². The highest BCUT2D eigenvalue weighted by Gasteiger charge is 2.21. The first-order valence-corrected chi connectivity index (χ1v) is 4.97. The third-order valence-corrected chi connectivity index (χ3v) is 2.48. The molecule has 1 atom stereocenters. The Hall–Kier alpha value is -1.75. The van der Waals surface area contributed by atoms with Crippen LogP contribution in [0.3, 0.4) is 0 Å². The number of carboxylic acids is 1. The predicted octanol–water partition coefficient (Wildman–Crippen LogP) is 0.461. The number of fused-ring (bicyclic) bond motifs is 1. The number of anilines is 1. The summed E-state index contributed by atoms with van der Waals surface area (Å²) in [6.07, 6.45) is -0.841. The highest BCUT2D eigenvalue weighted by Crippen LogP contribution is 2.32. The molecule has 1 heterocycles. The van der Waals surface area contributed by atoms with Crippen LogP contribution >= 0.6 is 0 Å². The number of β-amino-alcohol motifs (C(OH)–C–C–N with tert-alkyl or cyclic N) is 1. The zero-order valence-electron chi connectivity index (χ0n) is 8.88. The average Bonchev–Trinajstić information content (AvgIpc) is 2.18. The number of likely N-dealkylation sites (N-methyl/N-ethyl adjacent to an activating group) is 1. The lowest BCUT2D eigenvalue weighted by molar-refractivity contribution is -0.136. The zero-order chi connectivity index (χ0) is 11.7. The first kappa shape index (κ1) is 10.8. The monoisotopic (exact) mass is 223 g/mol. The summed E-state index contributed by atoms with van der Waals surface area (Å²) in [7, 11) is 1.83. The van der Waals surface area contributed by atoms with Crippen LogP contribution in [0.2, 0.25) is 0 Å². The van der Waals surface area contributed by atoms with E-state index in [1.807, 2.05) is 11.9 Å². The number of rotatable bonds is 2. The normalized spacial score (nSPS) is 18.9. The molecule has 16 heavy (non-hydrogen) atoms. The lowest BCUT2D eigenvalue weighted by Crippen LogP contribution is -2.37. The van der Waals surface area contributed by atoms with Crippen molar-refractivity contribution in [2.45, 2.75) is 12.7 Å². The fraction of sp³-hybridized carbons (Fsp3) is 0.364. The molecule has 1 aliphatic rings. The van der Waals surface area contributed by atoms with Crippen LogP contribution in [-0.4, -0.2) is 36.1 Å². The van der Waals surface area contributed by atoms with Crippen molar-refractivity contribution in [2.75, 3.05) is 18.5 Å². The van der Waals surface area contributed by atoms with E-state index in [2.05, 4.69) is 0 Å². The van der Waals surface area contributed by atoms with Gasteiger partial charge in [0.05, 0.1) is 18.7 Å². The number of aliphatic carboxylic acids is 1. The van der Waals surface area contributed by atoms with E-state index in [0.717, 1.165) is 11.3 Å². The molecule has 5 nitrogen and oxygen atoms in total. The molecule has 1 aromatic rings. The molecule has 0 spiro atoms. The van der Waals surface area contributed by atoms with E-state index >= 15 is 0 Å². The van der Waals surface area contributed by atoms with Gasteiger partial charge in [-0.25, -0.2) is 0 Å². The third-order valence-electron chi connectivity index (χ3n) is 2.48. The first-order chi connectivity index (χ1) is 7.56. The summed E-state index contributed by atoms with van der Waals surface area (Å²) in [6, 6.07) is 5.15. The standard InChI is InChI=1S/C11H13NO4/c1-12-6-11(15)16-9-3-2-7(4-8(9)12)5-10(13)14/h2-4,11,15H,5-6H2,1H3,(H,13,14). The molecule has 1 aromatic carbocycles. The number of carboxylic acid groups (broad SMARTS) is 1. The van der Waals surface area contributed by atoms with Gasteiger partial charge in [-0.1, -0.05) is 6.07 Å². The van der Waals surface area contributed by atoms with Crippen molar-refractivity contribution in [1.82, 2.24) is 0 Å². The van der Waals surface area contributed by atoms with Crippen LogP contribution < -0.4 is 9.64 Å². The van der Waals surface area contributed by atoms with Crippen molar-refractivity contribution in [3.8, 4) is 5.75 Å². The molecule has 0 fully saturated rings. The van der Waals surface area contributed by atoms with Gasteiger partial charge in [-0.05, 0) is 17.7 Å². The second-order valence-corrected chi connectivity index (χ2v) is 3.83. The highest BCUT2D eigenvalue weighted by atomic mass is 16.6. The van der Waals surface area contributed by atoms with Crippen molar-refractivity contribution >= 4 is 11.7 Å². The van der Waals surface area contributed by atoms with Gasteiger partial charge in [-0.3, -0.25) is 4.79 Å².